The van der Waals surface area contributed by atoms with E-state index in [1.54, 1.807) is 28.5 Å². The predicted molar refractivity (Wildman–Crippen MR) is 93.4 cm³/mol. The number of aromatic nitrogens is 1. The lowest BCUT2D eigenvalue weighted by Crippen LogP contribution is -2.43. The first-order valence-electron chi connectivity index (χ1n) is 7.43. The summed E-state index contributed by atoms with van der Waals surface area (Å²) in [6.07, 6.45) is 6.72. The van der Waals surface area contributed by atoms with Crippen molar-refractivity contribution in [2.24, 2.45) is 5.92 Å². The van der Waals surface area contributed by atoms with Crippen LogP contribution in [0.15, 0.2) is 35.2 Å². The largest absolute Gasteiger partial charge is 0.338 e. The van der Waals surface area contributed by atoms with Gasteiger partial charge >= 0.3 is 0 Å². The van der Waals surface area contributed by atoms with Gasteiger partial charge in [0.15, 0.2) is 5.13 Å². The zero-order valence-corrected chi connectivity index (χ0v) is 14.1. The molecule has 1 aliphatic rings. The molecule has 0 bridgehead atoms. The first-order chi connectivity index (χ1) is 11.2. The maximum absolute atomic E-state index is 12.3. The Labute approximate surface area is 142 Å². The number of carbonyl (C=O) groups is 2. The van der Waals surface area contributed by atoms with Crippen LogP contribution in [0.4, 0.5) is 5.13 Å². The third-order valence-electron chi connectivity index (χ3n) is 3.70. The van der Waals surface area contributed by atoms with Gasteiger partial charge in [-0.15, -0.1) is 22.7 Å². The lowest BCUT2D eigenvalue weighted by Gasteiger charge is -2.31. The molecule has 2 amide bonds. The van der Waals surface area contributed by atoms with E-state index >= 15 is 0 Å². The number of nitrogens with one attached hydrogen (secondary N) is 1. The van der Waals surface area contributed by atoms with E-state index in [1.165, 1.54) is 11.3 Å². The first kappa shape index (κ1) is 15.9. The molecule has 2 aromatic heterocycles. The Kier molecular flexibility index (Phi) is 5.19. The normalized spacial score (nSPS) is 18.3. The number of nitrogens with zero attached hydrogens (tertiary/aromatic N) is 2. The van der Waals surface area contributed by atoms with Gasteiger partial charge in [0.25, 0.3) is 0 Å². The fourth-order valence-corrected chi connectivity index (χ4v) is 3.68. The van der Waals surface area contributed by atoms with Crippen LogP contribution in [0.1, 0.15) is 17.7 Å². The van der Waals surface area contributed by atoms with Crippen LogP contribution in [0.3, 0.4) is 0 Å². The van der Waals surface area contributed by atoms with E-state index < -0.39 is 0 Å². The standard InChI is InChI=1S/C16H17N3O2S2/c20-14(6-5-13-4-2-9-22-13)19-8-1-3-12(11-19)15(21)18-16-17-7-10-23-16/h2,4-7,9-10,12H,1,3,8,11H2,(H,17,18,21)/b6-5+/t12-/m0/s1. The summed E-state index contributed by atoms with van der Waals surface area (Å²) >= 11 is 2.99. The average Bonchev–Trinajstić information content (AvgIpc) is 3.26. The van der Waals surface area contributed by atoms with Gasteiger partial charge in [-0.25, -0.2) is 4.98 Å². The van der Waals surface area contributed by atoms with Gasteiger partial charge in [0.1, 0.15) is 0 Å². The van der Waals surface area contributed by atoms with Crippen molar-refractivity contribution in [2.75, 3.05) is 18.4 Å². The Morgan fingerprint density at radius 3 is 3.00 bits per heavy atom. The first-order valence-corrected chi connectivity index (χ1v) is 9.19. The Morgan fingerprint density at radius 1 is 1.35 bits per heavy atom. The number of likely N-dealkylation sites (tertiary alicyclic amines) is 1. The molecule has 3 rings (SSSR count). The maximum Gasteiger partial charge on any atom is 0.246 e. The fourth-order valence-electron chi connectivity index (χ4n) is 2.53. The van der Waals surface area contributed by atoms with Gasteiger partial charge in [-0.3, -0.25) is 9.59 Å². The topological polar surface area (TPSA) is 62.3 Å². The van der Waals surface area contributed by atoms with Crippen molar-refractivity contribution in [3.05, 3.63) is 40.0 Å². The molecule has 23 heavy (non-hydrogen) atoms. The molecular weight excluding hydrogens is 330 g/mol. The van der Waals surface area contributed by atoms with Crippen molar-refractivity contribution in [1.29, 1.82) is 0 Å². The Bertz CT molecular complexity index is 680. The van der Waals surface area contributed by atoms with Gasteiger partial charge in [-0.1, -0.05) is 6.07 Å². The van der Waals surface area contributed by atoms with Gasteiger partial charge in [0, 0.05) is 35.6 Å². The second-order valence-electron chi connectivity index (χ2n) is 5.30. The lowest BCUT2D eigenvalue weighted by atomic mass is 9.97. The number of hydrogen-bond donors (Lipinski definition) is 1. The Morgan fingerprint density at radius 2 is 2.26 bits per heavy atom. The molecule has 0 aliphatic carbocycles. The molecule has 0 spiro atoms. The highest BCUT2D eigenvalue weighted by atomic mass is 32.1. The second kappa shape index (κ2) is 7.52. The molecule has 1 N–H and O–H groups in total. The van der Waals surface area contributed by atoms with Crippen LogP contribution in [0.2, 0.25) is 0 Å². The predicted octanol–water partition coefficient (Wildman–Crippen LogP) is 3.10. The summed E-state index contributed by atoms with van der Waals surface area (Å²) in [5, 5.41) is 7.22. The van der Waals surface area contributed by atoms with E-state index in [2.05, 4.69) is 10.3 Å². The highest BCUT2D eigenvalue weighted by Crippen LogP contribution is 2.20. The Hall–Kier alpha value is -1.99. The smallest absolute Gasteiger partial charge is 0.246 e. The van der Waals surface area contributed by atoms with Crippen molar-refractivity contribution >= 4 is 45.7 Å². The van der Waals surface area contributed by atoms with E-state index in [0.717, 1.165) is 17.7 Å². The average molecular weight is 347 g/mol. The van der Waals surface area contributed by atoms with Gasteiger partial charge in [0.2, 0.25) is 11.8 Å². The molecule has 2 aromatic rings. The quantitative estimate of drug-likeness (QED) is 0.865. The summed E-state index contributed by atoms with van der Waals surface area (Å²) in [5.41, 5.74) is 0. The minimum absolute atomic E-state index is 0.0369. The van der Waals surface area contributed by atoms with Crippen molar-refractivity contribution < 1.29 is 9.59 Å². The number of thiophene rings is 1. The van der Waals surface area contributed by atoms with Crippen LogP contribution < -0.4 is 5.32 Å². The summed E-state index contributed by atoms with van der Waals surface area (Å²) in [6.45, 7) is 1.17. The molecule has 3 heterocycles. The monoisotopic (exact) mass is 347 g/mol. The molecule has 120 valence electrons. The van der Waals surface area contributed by atoms with E-state index in [9.17, 15) is 9.59 Å². The van der Waals surface area contributed by atoms with E-state index in [1.807, 2.05) is 29.0 Å². The zero-order chi connectivity index (χ0) is 16.1. The molecule has 0 unspecified atom stereocenters. The maximum atomic E-state index is 12.3. The molecule has 0 saturated carbocycles. The SMILES string of the molecule is O=C(Nc1nccs1)[C@H]1CCCN(C(=O)/C=C/c2cccs2)C1. The van der Waals surface area contributed by atoms with Crippen LogP contribution in [0.25, 0.3) is 6.08 Å². The molecule has 1 fully saturated rings. The highest BCUT2D eigenvalue weighted by Gasteiger charge is 2.27. The van der Waals surface area contributed by atoms with Crippen LogP contribution in [-0.2, 0) is 9.59 Å². The molecule has 1 saturated heterocycles. The summed E-state index contributed by atoms with van der Waals surface area (Å²) in [7, 11) is 0. The number of thiazole rings is 1. The number of piperidine rings is 1. The van der Waals surface area contributed by atoms with Crippen LogP contribution in [0, 0.1) is 5.92 Å². The van der Waals surface area contributed by atoms with Crippen molar-refractivity contribution in [3.63, 3.8) is 0 Å². The lowest BCUT2D eigenvalue weighted by molar-refractivity contribution is -0.130. The Balaban J connectivity index is 1.57. The summed E-state index contributed by atoms with van der Waals surface area (Å²) in [6, 6.07) is 3.92. The van der Waals surface area contributed by atoms with Gasteiger partial charge in [-0.05, 0) is 30.4 Å². The van der Waals surface area contributed by atoms with Crippen LogP contribution >= 0.6 is 22.7 Å². The molecule has 0 radical (unpaired) electrons. The van der Waals surface area contributed by atoms with Crippen molar-refractivity contribution in [1.82, 2.24) is 9.88 Å². The van der Waals surface area contributed by atoms with Gasteiger partial charge < -0.3 is 10.2 Å². The molecule has 1 aliphatic heterocycles. The second-order valence-corrected chi connectivity index (χ2v) is 7.17. The number of rotatable bonds is 4. The summed E-state index contributed by atoms with van der Waals surface area (Å²) < 4.78 is 0. The van der Waals surface area contributed by atoms with Crippen molar-refractivity contribution in [2.45, 2.75) is 12.8 Å². The minimum Gasteiger partial charge on any atom is -0.338 e. The fraction of sp³-hybridized carbons (Fsp3) is 0.312. The van der Waals surface area contributed by atoms with E-state index in [0.29, 0.717) is 18.2 Å². The van der Waals surface area contributed by atoms with Crippen LogP contribution in [0.5, 0.6) is 0 Å². The zero-order valence-electron chi connectivity index (χ0n) is 12.5. The van der Waals surface area contributed by atoms with E-state index in [4.69, 9.17) is 0 Å². The highest BCUT2D eigenvalue weighted by molar-refractivity contribution is 7.13. The summed E-state index contributed by atoms with van der Waals surface area (Å²) in [5.74, 6) is -0.267. The number of hydrogen-bond acceptors (Lipinski definition) is 5. The molecular formula is C16H17N3O2S2. The third kappa shape index (κ3) is 4.27. The van der Waals surface area contributed by atoms with E-state index in [-0.39, 0.29) is 17.7 Å². The minimum atomic E-state index is -0.174. The number of anilines is 1. The number of carbonyl (C=O) groups excluding carboxylic acids is 2. The summed E-state index contributed by atoms with van der Waals surface area (Å²) in [4.78, 5) is 31.4. The number of amides is 2. The molecule has 1 atom stereocenters. The van der Waals surface area contributed by atoms with Crippen molar-refractivity contribution in [3.8, 4) is 0 Å². The van der Waals surface area contributed by atoms with Crippen LogP contribution in [-0.4, -0.2) is 34.8 Å². The molecule has 7 heteroatoms. The molecule has 5 nitrogen and oxygen atoms in total. The van der Waals surface area contributed by atoms with Gasteiger partial charge in [0.05, 0.1) is 5.92 Å². The third-order valence-corrected chi connectivity index (χ3v) is 5.23. The molecule has 0 aromatic carbocycles. The van der Waals surface area contributed by atoms with Gasteiger partial charge in [-0.2, -0.15) is 0 Å².